The van der Waals surface area contributed by atoms with Gasteiger partial charge in [-0.3, -0.25) is 4.79 Å². The van der Waals surface area contributed by atoms with Crippen LogP contribution in [-0.2, 0) is 0 Å². The highest BCUT2D eigenvalue weighted by Gasteiger charge is 2.13. The molecule has 146 valence electrons. The molecule has 0 aliphatic rings. The average molecular weight is 500 g/mol. The summed E-state index contributed by atoms with van der Waals surface area (Å²) >= 11 is 2.20. The van der Waals surface area contributed by atoms with Crippen molar-refractivity contribution in [3.05, 3.63) is 69.8 Å². The number of nitrogens with zero attached hydrogens (tertiary/aromatic N) is 1. The minimum absolute atomic E-state index is 0.177. The van der Waals surface area contributed by atoms with Crippen molar-refractivity contribution < 1.29 is 18.7 Å². The summed E-state index contributed by atoms with van der Waals surface area (Å²) in [5.74, 6) is 1.51. The third kappa shape index (κ3) is 4.04. The van der Waals surface area contributed by atoms with Crippen molar-refractivity contribution in [2.75, 3.05) is 19.5 Å². The molecule has 0 radical (unpaired) electrons. The molecule has 6 nitrogen and oxygen atoms in total. The first kappa shape index (κ1) is 19.3. The smallest absolute Gasteiger partial charge is 0.255 e. The zero-order valence-electron chi connectivity index (χ0n) is 15.7. The van der Waals surface area contributed by atoms with E-state index in [-0.39, 0.29) is 5.91 Å². The molecule has 29 heavy (non-hydrogen) atoms. The monoisotopic (exact) mass is 500 g/mol. The lowest BCUT2D eigenvalue weighted by Gasteiger charge is -2.07. The van der Waals surface area contributed by atoms with Crippen LogP contribution in [0, 0.1) is 3.57 Å². The molecule has 0 aliphatic carbocycles. The molecule has 0 atom stereocenters. The number of carbonyl (C=O) groups is 1. The van der Waals surface area contributed by atoms with Gasteiger partial charge >= 0.3 is 0 Å². The van der Waals surface area contributed by atoms with E-state index in [0.29, 0.717) is 39.7 Å². The number of halogens is 1. The van der Waals surface area contributed by atoms with Crippen molar-refractivity contribution in [1.29, 1.82) is 0 Å². The Morgan fingerprint density at radius 3 is 2.45 bits per heavy atom. The molecule has 7 heteroatoms. The molecule has 1 aromatic heterocycles. The van der Waals surface area contributed by atoms with E-state index in [1.54, 1.807) is 50.6 Å². The van der Waals surface area contributed by atoms with Crippen LogP contribution in [0.5, 0.6) is 11.5 Å². The van der Waals surface area contributed by atoms with Crippen LogP contribution in [0.25, 0.3) is 22.6 Å². The zero-order valence-corrected chi connectivity index (χ0v) is 17.9. The second-order valence-corrected chi connectivity index (χ2v) is 7.48. The highest BCUT2D eigenvalue weighted by atomic mass is 127. The number of carbonyl (C=O) groups excluding carboxylic acids is 1. The summed E-state index contributed by atoms with van der Waals surface area (Å²) in [5, 5.41) is 2.89. The van der Waals surface area contributed by atoms with Gasteiger partial charge in [-0.05, 0) is 83.3 Å². The van der Waals surface area contributed by atoms with Crippen molar-refractivity contribution in [1.82, 2.24) is 4.98 Å². The molecule has 0 aliphatic heterocycles. The summed E-state index contributed by atoms with van der Waals surface area (Å²) in [4.78, 5) is 17.0. The first-order chi connectivity index (χ1) is 14.1. The number of rotatable bonds is 5. The second-order valence-electron chi connectivity index (χ2n) is 6.23. The summed E-state index contributed by atoms with van der Waals surface area (Å²) in [5.41, 5.74) is 3.28. The first-order valence-electron chi connectivity index (χ1n) is 8.77. The average Bonchev–Trinajstić information content (AvgIpc) is 3.17. The Hall–Kier alpha value is -3.07. The number of hydrogen-bond acceptors (Lipinski definition) is 5. The topological polar surface area (TPSA) is 73.6 Å². The molecular formula is C22H17IN2O4. The number of anilines is 1. The summed E-state index contributed by atoms with van der Waals surface area (Å²) in [6.45, 7) is 0. The maximum absolute atomic E-state index is 12.4. The van der Waals surface area contributed by atoms with Crippen molar-refractivity contribution in [3.63, 3.8) is 0 Å². The zero-order chi connectivity index (χ0) is 20.4. The summed E-state index contributed by atoms with van der Waals surface area (Å²) < 4.78 is 17.5. The summed E-state index contributed by atoms with van der Waals surface area (Å²) in [6.07, 6.45) is 0. The van der Waals surface area contributed by atoms with Crippen LogP contribution < -0.4 is 14.8 Å². The Kier molecular flexibility index (Phi) is 5.39. The normalized spacial score (nSPS) is 10.7. The van der Waals surface area contributed by atoms with Crippen molar-refractivity contribution >= 4 is 45.3 Å². The molecule has 0 bridgehead atoms. The largest absolute Gasteiger partial charge is 0.493 e. The van der Waals surface area contributed by atoms with Gasteiger partial charge in [-0.1, -0.05) is 0 Å². The van der Waals surface area contributed by atoms with Gasteiger partial charge in [-0.15, -0.1) is 0 Å². The van der Waals surface area contributed by atoms with Gasteiger partial charge < -0.3 is 19.2 Å². The number of oxazole rings is 1. The van der Waals surface area contributed by atoms with Gasteiger partial charge in [0.1, 0.15) is 5.52 Å². The summed E-state index contributed by atoms with van der Waals surface area (Å²) in [6, 6.07) is 18.2. The maximum Gasteiger partial charge on any atom is 0.255 e. The number of benzene rings is 3. The lowest BCUT2D eigenvalue weighted by atomic mass is 10.2. The second kappa shape index (κ2) is 8.12. The molecule has 0 fully saturated rings. The van der Waals surface area contributed by atoms with E-state index in [0.717, 1.165) is 9.13 Å². The number of nitrogens with one attached hydrogen (secondary N) is 1. The lowest BCUT2D eigenvalue weighted by molar-refractivity contribution is 0.102. The molecule has 1 amide bonds. The number of fused-ring (bicyclic) bond motifs is 1. The summed E-state index contributed by atoms with van der Waals surface area (Å²) in [7, 11) is 3.17. The van der Waals surface area contributed by atoms with E-state index in [9.17, 15) is 4.79 Å². The minimum atomic E-state index is -0.177. The molecule has 0 unspecified atom stereocenters. The minimum Gasteiger partial charge on any atom is -0.493 e. The van der Waals surface area contributed by atoms with Gasteiger partial charge in [0, 0.05) is 20.4 Å². The first-order valence-corrected chi connectivity index (χ1v) is 9.85. The van der Waals surface area contributed by atoms with Crippen molar-refractivity contribution in [2.24, 2.45) is 0 Å². The predicted octanol–water partition coefficient (Wildman–Crippen LogP) is 5.37. The molecule has 4 rings (SSSR count). The maximum atomic E-state index is 12.4. The predicted molar refractivity (Wildman–Crippen MR) is 120 cm³/mol. The molecule has 0 spiro atoms. The van der Waals surface area contributed by atoms with E-state index in [2.05, 4.69) is 32.9 Å². The molecule has 3 aromatic carbocycles. The molecule has 4 aromatic rings. The van der Waals surface area contributed by atoms with Crippen LogP contribution in [0.15, 0.2) is 65.1 Å². The van der Waals surface area contributed by atoms with E-state index >= 15 is 0 Å². The number of ether oxygens (including phenoxy) is 2. The van der Waals surface area contributed by atoms with Crippen LogP contribution in [0.3, 0.4) is 0 Å². The van der Waals surface area contributed by atoms with Crippen LogP contribution >= 0.6 is 22.6 Å². The standard InChI is InChI=1S/C22H17IN2O4/c1-27-19-9-5-14(11-20(19)28-2)22-25-17-12-16(8-10-18(17)29-22)24-21(26)13-3-6-15(23)7-4-13/h3-12H,1-2H3,(H,24,26). The molecule has 0 saturated carbocycles. The third-order valence-electron chi connectivity index (χ3n) is 4.38. The SMILES string of the molecule is COc1ccc(-c2nc3cc(NC(=O)c4ccc(I)cc4)ccc3o2)cc1OC. The van der Waals surface area contributed by atoms with Gasteiger partial charge in [0.15, 0.2) is 17.1 Å². The quantitative estimate of drug-likeness (QED) is 0.373. The number of methoxy groups -OCH3 is 2. The van der Waals surface area contributed by atoms with E-state index in [1.807, 2.05) is 24.3 Å². The van der Waals surface area contributed by atoms with Crippen molar-refractivity contribution in [3.8, 4) is 23.0 Å². The van der Waals surface area contributed by atoms with E-state index < -0.39 is 0 Å². The number of aromatic nitrogens is 1. The molecule has 1 heterocycles. The Morgan fingerprint density at radius 2 is 1.72 bits per heavy atom. The Morgan fingerprint density at radius 1 is 0.966 bits per heavy atom. The Balaban J connectivity index is 1.61. The number of hydrogen-bond donors (Lipinski definition) is 1. The van der Waals surface area contributed by atoms with Crippen LogP contribution in [-0.4, -0.2) is 25.1 Å². The molecule has 0 saturated heterocycles. The van der Waals surface area contributed by atoms with E-state index in [4.69, 9.17) is 13.9 Å². The van der Waals surface area contributed by atoms with Crippen LogP contribution in [0.2, 0.25) is 0 Å². The lowest BCUT2D eigenvalue weighted by Crippen LogP contribution is -2.11. The fourth-order valence-electron chi connectivity index (χ4n) is 2.90. The van der Waals surface area contributed by atoms with Crippen LogP contribution in [0.1, 0.15) is 10.4 Å². The Bertz CT molecular complexity index is 1190. The van der Waals surface area contributed by atoms with Crippen LogP contribution in [0.4, 0.5) is 5.69 Å². The van der Waals surface area contributed by atoms with Gasteiger partial charge in [0.25, 0.3) is 5.91 Å². The van der Waals surface area contributed by atoms with Crippen molar-refractivity contribution in [2.45, 2.75) is 0 Å². The van der Waals surface area contributed by atoms with E-state index in [1.165, 1.54) is 0 Å². The van der Waals surface area contributed by atoms with Gasteiger partial charge in [0.2, 0.25) is 5.89 Å². The Labute approximate surface area is 181 Å². The highest BCUT2D eigenvalue weighted by molar-refractivity contribution is 14.1. The molecular weight excluding hydrogens is 483 g/mol. The highest BCUT2D eigenvalue weighted by Crippen LogP contribution is 2.33. The fourth-order valence-corrected chi connectivity index (χ4v) is 3.26. The number of amides is 1. The van der Waals surface area contributed by atoms with Gasteiger partial charge in [-0.2, -0.15) is 0 Å². The van der Waals surface area contributed by atoms with Gasteiger partial charge in [-0.25, -0.2) is 4.98 Å². The molecule has 1 N–H and O–H groups in total. The van der Waals surface area contributed by atoms with Gasteiger partial charge in [0.05, 0.1) is 14.2 Å². The fraction of sp³-hybridized carbons (Fsp3) is 0.0909. The third-order valence-corrected chi connectivity index (χ3v) is 5.10.